The van der Waals surface area contributed by atoms with Crippen LogP contribution in [0.25, 0.3) is 10.9 Å². The number of nitrogens with zero attached hydrogens (tertiary/aromatic N) is 3. The predicted octanol–water partition coefficient (Wildman–Crippen LogP) is 6.41. The molecular weight excluding hydrogens is 540 g/mol. The molecule has 4 rings (SSSR count). The lowest BCUT2D eigenvalue weighted by atomic mass is 9.98. The standard InChI is InChI=1S/C32H35ClN4O4/c1-36(2)19-5-4-6-28(38)37(3)25-15-13-24(14-16-25)34-31(22-10-7-21(8-11-22)9-18-29(39)40)30-26-17-12-23(33)20-27(26)35-32(30)41/h7-8,10-17,20,35,41H,4-6,9,18-19H2,1-3H3,(H,39,40). The zero-order valence-electron chi connectivity index (χ0n) is 23.5. The van der Waals surface area contributed by atoms with E-state index >= 15 is 0 Å². The normalized spacial score (nSPS) is 11.8. The van der Waals surface area contributed by atoms with E-state index in [9.17, 15) is 14.7 Å². The molecule has 1 amide bonds. The molecule has 41 heavy (non-hydrogen) atoms. The second-order valence-electron chi connectivity index (χ2n) is 10.3. The van der Waals surface area contributed by atoms with Crippen molar-refractivity contribution < 1.29 is 19.8 Å². The number of aliphatic carboxylic acids is 1. The average Bonchev–Trinajstić information content (AvgIpc) is 3.27. The fourth-order valence-electron chi connectivity index (χ4n) is 4.64. The Kier molecular flexibility index (Phi) is 9.81. The number of H-pyrrole nitrogens is 1. The van der Waals surface area contributed by atoms with E-state index in [0.29, 0.717) is 40.3 Å². The van der Waals surface area contributed by atoms with E-state index < -0.39 is 5.97 Å². The highest BCUT2D eigenvalue weighted by molar-refractivity contribution is 6.31. The second kappa shape index (κ2) is 13.5. The van der Waals surface area contributed by atoms with Crippen molar-refractivity contribution in [3.63, 3.8) is 0 Å². The third kappa shape index (κ3) is 7.74. The molecule has 0 atom stereocenters. The Balaban J connectivity index is 1.65. The van der Waals surface area contributed by atoms with Gasteiger partial charge in [0.2, 0.25) is 5.91 Å². The lowest BCUT2D eigenvalue weighted by molar-refractivity contribution is -0.137. The Bertz CT molecular complexity index is 1540. The molecule has 0 saturated heterocycles. The first-order chi connectivity index (χ1) is 19.6. The predicted molar refractivity (Wildman–Crippen MR) is 165 cm³/mol. The molecule has 0 bridgehead atoms. The summed E-state index contributed by atoms with van der Waals surface area (Å²) in [5, 5.41) is 21.3. The van der Waals surface area contributed by atoms with Crippen LogP contribution in [0.3, 0.4) is 0 Å². The highest BCUT2D eigenvalue weighted by Crippen LogP contribution is 2.33. The number of carbonyl (C=O) groups is 2. The van der Waals surface area contributed by atoms with Crippen LogP contribution >= 0.6 is 11.6 Å². The maximum absolute atomic E-state index is 12.7. The Hall–Kier alpha value is -4.14. The highest BCUT2D eigenvalue weighted by Gasteiger charge is 2.19. The number of hydrogen-bond donors (Lipinski definition) is 3. The Morgan fingerprint density at radius 3 is 2.29 bits per heavy atom. The van der Waals surface area contributed by atoms with Gasteiger partial charge in [0.15, 0.2) is 5.88 Å². The fourth-order valence-corrected chi connectivity index (χ4v) is 4.81. The number of nitrogens with one attached hydrogen (secondary N) is 1. The maximum Gasteiger partial charge on any atom is 0.303 e. The first-order valence-corrected chi connectivity index (χ1v) is 13.9. The Labute approximate surface area is 244 Å². The Morgan fingerprint density at radius 2 is 1.63 bits per heavy atom. The van der Waals surface area contributed by atoms with Crippen molar-refractivity contribution in [3.05, 3.63) is 88.4 Å². The van der Waals surface area contributed by atoms with Gasteiger partial charge >= 0.3 is 5.97 Å². The van der Waals surface area contributed by atoms with E-state index in [-0.39, 0.29) is 18.2 Å². The molecule has 0 fully saturated rings. The highest BCUT2D eigenvalue weighted by atomic mass is 35.5. The number of aromatic nitrogens is 1. The largest absolute Gasteiger partial charge is 0.494 e. The van der Waals surface area contributed by atoms with Crippen molar-refractivity contribution in [1.29, 1.82) is 0 Å². The number of unbranched alkanes of at least 4 members (excludes halogenated alkanes) is 1. The topological polar surface area (TPSA) is 109 Å². The molecule has 0 unspecified atom stereocenters. The van der Waals surface area contributed by atoms with Gasteiger partial charge in [-0.15, -0.1) is 0 Å². The summed E-state index contributed by atoms with van der Waals surface area (Å²) in [6.45, 7) is 0.954. The molecule has 214 valence electrons. The zero-order chi connectivity index (χ0) is 29.5. The number of halogens is 1. The minimum Gasteiger partial charge on any atom is -0.494 e. The summed E-state index contributed by atoms with van der Waals surface area (Å²) in [5.74, 6) is -0.822. The summed E-state index contributed by atoms with van der Waals surface area (Å²) in [7, 11) is 5.83. The van der Waals surface area contributed by atoms with Crippen LogP contribution < -0.4 is 4.90 Å². The van der Waals surface area contributed by atoms with Gasteiger partial charge in [0.25, 0.3) is 0 Å². The molecule has 9 heteroatoms. The van der Waals surface area contributed by atoms with E-state index in [2.05, 4.69) is 9.88 Å². The zero-order valence-corrected chi connectivity index (χ0v) is 24.3. The van der Waals surface area contributed by atoms with E-state index in [1.165, 1.54) is 0 Å². The summed E-state index contributed by atoms with van der Waals surface area (Å²) >= 11 is 6.18. The maximum atomic E-state index is 12.7. The van der Waals surface area contributed by atoms with Crippen LogP contribution in [0.2, 0.25) is 5.02 Å². The monoisotopic (exact) mass is 574 g/mol. The summed E-state index contributed by atoms with van der Waals surface area (Å²) < 4.78 is 0. The number of aryl methyl sites for hydroxylation is 1. The molecule has 0 spiro atoms. The average molecular weight is 575 g/mol. The number of carboxylic acids is 1. The lowest BCUT2D eigenvalue weighted by Gasteiger charge is -2.18. The van der Waals surface area contributed by atoms with E-state index in [4.69, 9.17) is 21.7 Å². The van der Waals surface area contributed by atoms with Crippen LogP contribution in [0, 0.1) is 0 Å². The van der Waals surface area contributed by atoms with Crippen LogP contribution in [0.4, 0.5) is 11.4 Å². The summed E-state index contributed by atoms with van der Waals surface area (Å²) in [6.07, 6.45) is 2.75. The molecule has 3 N–H and O–H groups in total. The van der Waals surface area contributed by atoms with E-state index in [1.807, 2.05) is 68.7 Å². The van der Waals surface area contributed by atoms with Gasteiger partial charge in [-0.1, -0.05) is 41.9 Å². The quantitative estimate of drug-likeness (QED) is 0.134. The van der Waals surface area contributed by atoms with Gasteiger partial charge in [-0.05, 0) is 81.9 Å². The van der Waals surface area contributed by atoms with Crippen LogP contribution in [0.15, 0.2) is 71.7 Å². The van der Waals surface area contributed by atoms with E-state index in [0.717, 1.165) is 41.6 Å². The van der Waals surface area contributed by atoms with Crippen LogP contribution in [0.5, 0.6) is 5.88 Å². The van der Waals surface area contributed by atoms with Crippen molar-refractivity contribution in [2.45, 2.75) is 32.1 Å². The number of aromatic amines is 1. The Morgan fingerprint density at radius 1 is 0.927 bits per heavy atom. The number of fused-ring (bicyclic) bond motifs is 1. The third-order valence-corrected chi connectivity index (χ3v) is 7.17. The van der Waals surface area contributed by atoms with Crippen molar-refractivity contribution in [3.8, 4) is 5.88 Å². The van der Waals surface area contributed by atoms with Gasteiger partial charge in [0.1, 0.15) is 0 Å². The molecule has 1 aromatic heterocycles. The number of aliphatic imine (C=N–C) groups is 1. The first kappa shape index (κ1) is 29.8. The molecule has 0 saturated carbocycles. The molecular formula is C32H35ClN4O4. The van der Waals surface area contributed by atoms with Crippen molar-refractivity contribution in [2.75, 3.05) is 32.6 Å². The molecule has 1 heterocycles. The van der Waals surface area contributed by atoms with Crippen molar-refractivity contribution >= 4 is 51.5 Å². The van der Waals surface area contributed by atoms with Crippen LogP contribution in [0.1, 0.15) is 42.4 Å². The molecule has 8 nitrogen and oxygen atoms in total. The second-order valence-corrected chi connectivity index (χ2v) is 10.8. The summed E-state index contributed by atoms with van der Waals surface area (Å²) in [6, 6.07) is 20.2. The minimum atomic E-state index is -0.848. The number of aromatic hydroxyl groups is 1. The smallest absolute Gasteiger partial charge is 0.303 e. The third-order valence-electron chi connectivity index (χ3n) is 6.93. The molecule has 3 aromatic carbocycles. The number of hydrogen-bond acceptors (Lipinski definition) is 5. The fraction of sp³-hybridized carbons (Fsp3) is 0.281. The molecule has 0 aliphatic heterocycles. The van der Waals surface area contributed by atoms with E-state index in [1.54, 1.807) is 24.1 Å². The number of carboxylic acid groups (broad SMARTS) is 1. The van der Waals surface area contributed by atoms with Gasteiger partial charge < -0.3 is 25.0 Å². The SMILES string of the molecule is CN(C)CCCCC(=O)N(C)c1ccc(N=C(c2ccc(CCC(=O)O)cc2)c2c(O)[nH]c3cc(Cl)ccc23)cc1. The minimum absolute atomic E-state index is 0.0350. The molecule has 0 aliphatic rings. The van der Waals surface area contributed by atoms with Gasteiger partial charge in [0.05, 0.1) is 22.5 Å². The number of benzene rings is 3. The lowest BCUT2D eigenvalue weighted by Crippen LogP contribution is -2.26. The van der Waals surface area contributed by atoms with Gasteiger partial charge in [-0.25, -0.2) is 4.99 Å². The van der Waals surface area contributed by atoms with Crippen LogP contribution in [-0.2, 0) is 16.0 Å². The van der Waals surface area contributed by atoms with Crippen molar-refractivity contribution in [1.82, 2.24) is 9.88 Å². The number of anilines is 1. The molecule has 0 radical (unpaired) electrons. The van der Waals surface area contributed by atoms with Crippen LogP contribution in [-0.4, -0.2) is 65.4 Å². The van der Waals surface area contributed by atoms with Gasteiger partial charge in [-0.3, -0.25) is 9.59 Å². The summed E-state index contributed by atoms with van der Waals surface area (Å²) in [5.41, 5.74) is 4.82. The van der Waals surface area contributed by atoms with Gasteiger partial charge in [0, 0.05) is 41.5 Å². The first-order valence-electron chi connectivity index (χ1n) is 13.5. The molecule has 4 aromatic rings. The summed E-state index contributed by atoms with van der Waals surface area (Å²) in [4.78, 5) is 35.4. The number of amides is 1. The van der Waals surface area contributed by atoms with Gasteiger partial charge in [-0.2, -0.15) is 0 Å². The van der Waals surface area contributed by atoms with Crippen molar-refractivity contribution in [2.24, 2.45) is 4.99 Å². The molecule has 0 aliphatic carbocycles. The number of carbonyl (C=O) groups excluding carboxylic acids is 1. The number of rotatable bonds is 12.